The third-order valence-electron chi connectivity index (χ3n) is 3.12. The molecule has 19 heavy (non-hydrogen) atoms. The lowest BCUT2D eigenvalue weighted by atomic mass is 9.98. The molecule has 104 valence electrons. The van der Waals surface area contributed by atoms with Crippen LogP contribution >= 0.6 is 0 Å². The van der Waals surface area contributed by atoms with Gasteiger partial charge in [0.25, 0.3) is 0 Å². The first-order valence-electron chi connectivity index (χ1n) is 6.66. The summed E-state index contributed by atoms with van der Waals surface area (Å²) in [5, 5.41) is 0. The van der Waals surface area contributed by atoms with E-state index in [0.29, 0.717) is 24.5 Å². The van der Waals surface area contributed by atoms with Crippen LogP contribution in [-0.4, -0.2) is 44.5 Å². The first kappa shape index (κ1) is 13.9. The van der Waals surface area contributed by atoms with Crippen molar-refractivity contribution < 1.29 is 14.3 Å². The molecule has 1 aliphatic heterocycles. The number of hydrogen-bond acceptors (Lipinski definition) is 4. The maximum Gasteiger partial charge on any atom is 0.167 e. The van der Waals surface area contributed by atoms with Crippen molar-refractivity contribution in [1.82, 2.24) is 4.90 Å². The molecule has 2 rings (SSSR count). The molecule has 0 spiro atoms. The second-order valence-corrected chi connectivity index (χ2v) is 5.24. The summed E-state index contributed by atoms with van der Waals surface area (Å²) in [6, 6.07) is 5.45. The summed E-state index contributed by atoms with van der Waals surface area (Å²) in [4.78, 5) is 14.3. The van der Waals surface area contributed by atoms with E-state index in [9.17, 15) is 4.79 Å². The van der Waals surface area contributed by atoms with Crippen LogP contribution in [0.3, 0.4) is 0 Å². The number of carbonyl (C=O) groups excluding carboxylic acids is 1. The number of benzene rings is 1. The first-order valence-corrected chi connectivity index (χ1v) is 6.66. The molecule has 0 radical (unpaired) electrons. The predicted molar refractivity (Wildman–Crippen MR) is 74.1 cm³/mol. The van der Waals surface area contributed by atoms with Gasteiger partial charge >= 0.3 is 0 Å². The van der Waals surface area contributed by atoms with E-state index in [1.54, 1.807) is 6.07 Å². The average molecular weight is 263 g/mol. The van der Waals surface area contributed by atoms with Crippen molar-refractivity contribution in [3.05, 3.63) is 23.8 Å². The number of Topliss-reactive ketones (excluding diaryl/α,β-unsaturated/α-hetero) is 1. The van der Waals surface area contributed by atoms with Gasteiger partial charge in [0.1, 0.15) is 0 Å². The minimum atomic E-state index is -0.0280. The zero-order valence-corrected chi connectivity index (χ0v) is 11.8. The van der Waals surface area contributed by atoms with Crippen molar-refractivity contribution in [1.29, 1.82) is 0 Å². The Labute approximate surface area is 114 Å². The van der Waals surface area contributed by atoms with E-state index in [0.717, 1.165) is 18.7 Å². The molecule has 0 saturated heterocycles. The summed E-state index contributed by atoms with van der Waals surface area (Å²) in [7, 11) is 3.94. The van der Waals surface area contributed by atoms with Crippen LogP contribution in [0.4, 0.5) is 0 Å². The van der Waals surface area contributed by atoms with Crippen LogP contribution in [0, 0.1) is 5.92 Å². The molecule has 0 amide bonds. The molecule has 4 heteroatoms. The van der Waals surface area contributed by atoms with Crippen LogP contribution in [0.2, 0.25) is 0 Å². The standard InChI is InChI=1S/C15H21NO3/c1-11(10-16(2)3)15(17)12-5-6-13-14(9-12)19-8-4-7-18-13/h5-6,9,11H,4,7-8,10H2,1-3H3. The maximum atomic E-state index is 12.3. The van der Waals surface area contributed by atoms with E-state index in [-0.39, 0.29) is 11.7 Å². The Morgan fingerprint density at radius 3 is 2.63 bits per heavy atom. The largest absolute Gasteiger partial charge is 0.490 e. The van der Waals surface area contributed by atoms with Crippen LogP contribution < -0.4 is 9.47 Å². The van der Waals surface area contributed by atoms with E-state index < -0.39 is 0 Å². The van der Waals surface area contributed by atoms with Gasteiger partial charge in [0.05, 0.1) is 13.2 Å². The molecule has 0 aliphatic carbocycles. The number of fused-ring (bicyclic) bond motifs is 1. The van der Waals surface area contributed by atoms with Crippen molar-refractivity contribution >= 4 is 5.78 Å². The number of nitrogens with zero attached hydrogens (tertiary/aromatic N) is 1. The van der Waals surface area contributed by atoms with Crippen LogP contribution in [0.1, 0.15) is 23.7 Å². The summed E-state index contributed by atoms with van der Waals surface area (Å²) in [5.74, 6) is 1.53. The molecule has 1 heterocycles. The van der Waals surface area contributed by atoms with Crippen LogP contribution in [-0.2, 0) is 0 Å². The van der Waals surface area contributed by atoms with E-state index >= 15 is 0 Å². The fraction of sp³-hybridized carbons (Fsp3) is 0.533. The Kier molecular flexibility index (Phi) is 4.43. The second-order valence-electron chi connectivity index (χ2n) is 5.24. The topological polar surface area (TPSA) is 38.8 Å². The Balaban J connectivity index is 2.17. The number of ether oxygens (including phenoxy) is 2. The molecule has 1 aromatic carbocycles. The number of hydrogen-bond donors (Lipinski definition) is 0. The summed E-state index contributed by atoms with van der Waals surface area (Å²) in [6.45, 7) is 3.99. The summed E-state index contributed by atoms with van der Waals surface area (Å²) in [6.07, 6.45) is 0.870. The molecule has 0 N–H and O–H groups in total. The summed E-state index contributed by atoms with van der Waals surface area (Å²) < 4.78 is 11.2. The highest BCUT2D eigenvalue weighted by Gasteiger charge is 2.19. The van der Waals surface area contributed by atoms with Crippen molar-refractivity contribution in [3.63, 3.8) is 0 Å². The van der Waals surface area contributed by atoms with Crippen molar-refractivity contribution in [2.24, 2.45) is 5.92 Å². The van der Waals surface area contributed by atoms with Gasteiger partial charge < -0.3 is 14.4 Å². The van der Waals surface area contributed by atoms with Gasteiger partial charge in [-0.25, -0.2) is 0 Å². The van der Waals surface area contributed by atoms with E-state index in [2.05, 4.69) is 0 Å². The van der Waals surface area contributed by atoms with Gasteiger partial charge in [-0.1, -0.05) is 6.92 Å². The molecule has 1 unspecified atom stereocenters. The highest BCUT2D eigenvalue weighted by Crippen LogP contribution is 2.31. The highest BCUT2D eigenvalue weighted by atomic mass is 16.5. The van der Waals surface area contributed by atoms with Gasteiger partial charge in [0, 0.05) is 24.4 Å². The van der Waals surface area contributed by atoms with Crippen molar-refractivity contribution in [2.45, 2.75) is 13.3 Å². The van der Waals surface area contributed by atoms with Gasteiger partial charge in [0.2, 0.25) is 0 Å². The Morgan fingerprint density at radius 2 is 1.95 bits per heavy atom. The van der Waals surface area contributed by atoms with E-state index in [1.807, 2.05) is 38.1 Å². The number of rotatable bonds is 4. The fourth-order valence-corrected chi connectivity index (χ4v) is 2.23. The Bertz CT molecular complexity index is 457. The van der Waals surface area contributed by atoms with Crippen molar-refractivity contribution in [3.8, 4) is 11.5 Å². The van der Waals surface area contributed by atoms with E-state index in [1.165, 1.54) is 0 Å². The molecule has 0 saturated carbocycles. The lowest BCUT2D eigenvalue weighted by Gasteiger charge is -2.16. The molecule has 1 atom stereocenters. The Morgan fingerprint density at radius 1 is 1.26 bits per heavy atom. The molecule has 0 fully saturated rings. The normalized spacial score (nSPS) is 16.0. The average Bonchev–Trinajstić information content (AvgIpc) is 2.61. The van der Waals surface area contributed by atoms with Crippen LogP contribution in [0.25, 0.3) is 0 Å². The second kappa shape index (κ2) is 6.06. The zero-order valence-electron chi connectivity index (χ0n) is 11.8. The van der Waals surface area contributed by atoms with Gasteiger partial charge in [0.15, 0.2) is 17.3 Å². The minimum Gasteiger partial charge on any atom is -0.490 e. The quantitative estimate of drug-likeness (QED) is 0.781. The summed E-state index contributed by atoms with van der Waals surface area (Å²) in [5.41, 5.74) is 0.693. The smallest absolute Gasteiger partial charge is 0.167 e. The molecule has 1 aliphatic rings. The lowest BCUT2D eigenvalue weighted by Crippen LogP contribution is -2.25. The molecule has 1 aromatic rings. The summed E-state index contributed by atoms with van der Waals surface area (Å²) >= 11 is 0. The van der Waals surface area contributed by atoms with Crippen molar-refractivity contribution in [2.75, 3.05) is 33.9 Å². The predicted octanol–water partition coefficient (Wildman–Crippen LogP) is 2.23. The SMILES string of the molecule is CC(CN(C)C)C(=O)c1ccc2c(c1)OCCCO2. The van der Waals surface area contributed by atoms with Crippen LogP contribution in [0.5, 0.6) is 11.5 Å². The van der Waals surface area contributed by atoms with E-state index in [4.69, 9.17) is 9.47 Å². The third kappa shape index (κ3) is 3.47. The lowest BCUT2D eigenvalue weighted by molar-refractivity contribution is 0.0909. The molecule has 0 bridgehead atoms. The first-order chi connectivity index (χ1) is 9.08. The molecule has 4 nitrogen and oxygen atoms in total. The molecular weight excluding hydrogens is 242 g/mol. The number of ketones is 1. The van der Waals surface area contributed by atoms with Crippen LogP contribution in [0.15, 0.2) is 18.2 Å². The zero-order chi connectivity index (χ0) is 13.8. The third-order valence-corrected chi connectivity index (χ3v) is 3.12. The van der Waals surface area contributed by atoms with Gasteiger partial charge in [-0.3, -0.25) is 4.79 Å². The highest BCUT2D eigenvalue weighted by molar-refractivity contribution is 5.98. The molecule has 0 aromatic heterocycles. The maximum absolute atomic E-state index is 12.3. The van der Waals surface area contributed by atoms with Gasteiger partial charge in [-0.05, 0) is 32.3 Å². The minimum absolute atomic E-state index is 0.0280. The monoisotopic (exact) mass is 263 g/mol. The Hall–Kier alpha value is -1.55. The van der Waals surface area contributed by atoms with Gasteiger partial charge in [-0.15, -0.1) is 0 Å². The molecular formula is C15H21NO3. The van der Waals surface area contributed by atoms with Gasteiger partial charge in [-0.2, -0.15) is 0 Å². The fourth-order valence-electron chi connectivity index (χ4n) is 2.23. The number of carbonyl (C=O) groups is 1.